The number of rotatable bonds is 5. The molecule has 0 radical (unpaired) electrons. The fourth-order valence-corrected chi connectivity index (χ4v) is 2.68. The first-order valence-electron chi connectivity index (χ1n) is 8.10. The number of benzene rings is 3. The molecule has 6 heteroatoms. The lowest BCUT2D eigenvalue weighted by Crippen LogP contribution is -2.14. The lowest BCUT2D eigenvalue weighted by atomic mass is 10.0. The number of carbonyl (C=O) groups excluding carboxylic acids is 1. The summed E-state index contributed by atoms with van der Waals surface area (Å²) < 4.78 is 27.6. The predicted octanol–water partition coefficient (Wildman–Crippen LogP) is 4.51. The van der Waals surface area contributed by atoms with Gasteiger partial charge in [-0.05, 0) is 53.1 Å². The van der Waals surface area contributed by atoms with E-state index in [1.54, 1.807) is 24.3 Å². The summed E-state index contributed by atoms with van der Waals surface area (Å²) in [7, 11) is 0. The fourth-order valence-electron chi connectivity index (χ4n) is 2.68. The van der Waals surface area contributed by atoms with E-state index in [-0.39, 0.29) is 12.0 Å². The van der Waals surface area contributed by atoms with Crippen molar-refractivity contribution in [3.05, 3.63) is 89.5 Å². The van der Waals surface area contributed by atoms with E-state index in [0.717, 1.165) is 6.07 Å². The molecule has 0 saturated heterocycles. The van der Waals surface area contributed by atoms with E-state index in [1.165, 1.54) is 36.4 Å². The highest BCUT2D eigenvalue weighted by Crippen LogP contribution is 2.24. The van der Waals surface area contributed by atoms with Crippen molar-refractivity contribution in [3.8, 4) is 11.1 Å². The van der Waals surface area contributed by atoms with Crippen LogP contribution >= 0.6 is 0 Å². The van der Waals surface area contributed by atoms with Crippen molar-refractivity contribution in [1.29, 1.82) is 0 Å². The Morgan fingerprint density at radius 2 is 1.63 bits per heavy atom. The van der Waals surface area contributed by atoms with Crippen molar-refractivity contribution in [2.45, 2.75) is 6.42 Å². The third-order valence-corrected chi connectivity index (χ3v) is 3.91. The number of amides is 1. The van der Waals surface area contributed by atoms with Gasteiger partial charge in [-0.3, -0.25) is 9.59 Å². The number of nitrogens with one attached hydrogen (secondary N) is 1. The van der Waals surface area contributed by atoms with E-state index in [9.17, 15) is 18.4 Å². The molecule has 0 aliphatic heterocycles. The van der Waals surface area contributed by atoms with E-state index in [4.69, 9.17) is 5.11 Å². The van der Waals surface area contributed by atoms with Gasteiger partial charge < -0.3 is 10.4 Å². The molecule has 136 valence electrons. The highest BCUT2D eigenvalue weighted by Gasteiger charge is 2.14. The third kappa shape index (κ3) is 4.55. The summed E-state index contributed by atoms with van der Waals surface area (Å²) in [5, 5.41) is 11.4. The van der Waals surface area contributed by atoms with Crippen molar-refractivity contribution in [2.75, 3.05) is 5.32 Å². The van der Waals surface area contributed by atoms with Gasteiger partial charge in [0.05, 0.1) is 12.0 Å². The van der Waals surface area contributed by atoms with Gasteiger partial charge in [0.2, 0.25) is 0 Å². The summed E-state index contributed by atoms with van der Waals surface area (Å²) in [6.45, 7) is 0. The molecule has 0 atom stereocenters. The van der Waals surface area contributed by atoms with Crippen molar-refractivity contribution >= 4 is 17.6 Å². The van der Waals surface area contributed by atoms with Crippen molar-refractivity contribution in [2.24, 2.45) is 0 Å². The van der Waals surface area contributed by atoms with Gasteiger partial charge in [-0.2, -0.15) is 0 Å². The Kier molecular flexibility index (Phi) is 5.26. The van der Waals surface area contributed by atoms with Gasteiger partial charge in [-0.15, -0.1) is 0 Å². The molecule has 0 aliphatic rings. The second-order valence-electron chi connectivity index (χ2n) is 5.93. The summed E-state index contributed by atoms with van der Waals surface area (Å²) in [5.41, 5.74) is 1.69. The molecule has 0 unspecified atom stereocenters. The number of aliphatic carboxylic acids is 1. The first-order chi connectivity index (χ1) is 12.9. The van der Waals surface area contributed by atoms with Crippen molar-refractivity contribution < 1.29 is 23.5 Å². The summed E-state index contributed by atoms with van der Waals surface area (Å²) >= 11 is 0. The molecule has 0 aliphatic carbocycles. The number of hydrogen-bond donors (Lipinski definition) is 2. The van der Waals surface area contributed by atoms with Crippen LogP contribution in [0.15, 0.2) is 66.7 Å². The average molecular weight is 367 g/mol. The summed E-state index contributed by atoms with van der Waals surface area (Å²) in [4.78, 5) is 23.3. The largest absolute Gasteiger partial charge is 0.481 e. The Morgan fingerprint density at radius 1 is 0.889 bits per heavy atom. The average Bonchev–Trinajstić information content (AvgIpc) is 2.61. The number of hydrogen-bond acceptors (Lipinski definition) is 2. The molecule has 0 spiro atoms. The molecule has 0 heterocycles. The standard InChI is InChI=1S/C21H15F2NO3/c22-16-5-2-4-14(11-16)15-7-8-19(23)18(12-15)21(27)24-17-6-1-3-13(9-17)10-20(25)26/h1-9,11-12H,10H2,(H,24,27)(H,25,26). The first-order valence-corrected chi connectivity index (χ1v) is 8.10. The minimum absolute atomic E-state index is 0.187. The molecule has 2 N–H and O–H groups in total. The van der Waals surface area contributed by atoms with E-state index < -0.39 is 23.5 Å². The van der Waals surface area contributed by atoms with Crippen LogP contribution < -0.4 is 5.32 Å². The Morgan fingerprint density at radius 3 is 2.37 bits per heavy atom. The minimum atomic E-state index is -0.993. The lowest BCUT2D eigenvalue weighted by Gasteiger charge is -2.09. The zero-order chi connectivity index (χ0) is 19.4. The zero-order valence-electron chi connectivity index (χ0n) is 14.1. The number of carboxylic acids is 1. The van der Waals surface area contributed by atoms with Crippen LogP contribution in [0, 0.1) is 11.6 Å². The second kappa shape index (κ2) is 7.78. The molecule has 1 amide bonds. The van der Waals surface area contributed by atoms with E-state index in [0.29, 0.717) is 22.4 Å². The molecule has 0 bridgehead atoms. The molecular weight excluding hydrogens is 352 g/mol. The van der Waals surface area contributed by atoms with Gasteiger partial charge in [-0.25, -0.2) is 8.78 Å². The maximum atomic E-state index is 14.2. The van der Waals surface area contributed by atoms with Gasteiger partial charge in [0.25, 0.3) is 5.91 Å². The van der Waals surface area contributed by atoms with Gasteiger partial charge in [0, 0.05) is 5.69 Å². The van der Waals surface area contributed by atoms with Crippen LogP contribution in [-0.2, 0) is 11.2 Å². The van der Waals surface area contributed by atoms with E-state index in [2.05, 4.69) is 5.32 Å². The first kappa shape index (κ1) is 18.3. The van der Waals surface area contributed by atoms with Crippen LogP contribution in [0.1, 0.15) is 15.9 Å². The smallest absolute Gasteiger partial charge is 0.307 e. The number of anilines is 1. The second-order valence-corrected chi connectivity index (χ2v) is 5.93. The van der Waals surface area contributed by atoms with Crippen LogP contribution in [0.4, 0.5) is 14.5 Å². The molecule has 0 saturated carbocycles. The van der Waals surface area contributed by atoms with Crippen molar-refractivity contribution in [3.63, 3.8) is 0 Å². The number of halogens is 2. The Hall–Kier alpha value is -3.54. The van der Waals surface area contributed by atoms with Crippen LogP contribution in [0.5, 0.6) is 0 Å². The summed E-state index contributed by atoms with van der Waals surface area (Å²) in [5.74, 6) is -2.82. The minimum Gasteiger partial charge on any atom is -0.481 e. The maximum absolute atomic E-state index is 14.2. The normalized spacial score (nSPS) is 10.4. The SMILES string of the molecule is O=C(O)Cc1cccc(NC(=O)c2cc(-c3cccc(F)c3)ccc2F)c1. The van der Waals surface area contributed by atoms with Crippen LogP contribution in [0.25, 0.3) is 11.1 Å². The Bertz CT molecular complexity index is 1020. The number of carbonyl (C=O) groups is 2. The topological polar surface area (TPSA) is 66.4 Å². The molecule has 3 aromatic carbocycles. The highest BCUT2D eigenvalue weighted by molar-refractivity contribution is 6.05. The fraction of sp³-hybridized carbons (Fsp3) is 0.0476. The molecule has 0 aromatic heterocycles. The molecule has 4 nitrogen and oxygen atoms in total. The van der Waals surface area contributed by atoms with Gasteiger partial charge in [0.15, 0.2) is 0 Å². The molecule has 3 aromatic rings. The summed E-state index contributed by atoms with van der Waals surface area (Å²) in [6, 6.07) is 16.1. The Balaban J connectivity index is 1.86. The monoisotopic (exact) mass is 367 g/mol. The maximum Gasteiger partial charge on any atom is 0.307 e. The highest BCUT2D eigenvalue weighted by atomic mass is 19.1. The van der Waals surface area contributed by atoms with E-state index >= 15 is 0 Å². The lowest BCUT2D eigenvalue weighted by molar-refractivity contribution is -0.136. The quantitative estimate of drug-likeness (QED) is 0.697. The van der Waals surface area contributed by atoms with Gasteiger partial charge in [0.1, 0.15) is 11.6 Å². The predicted molar refractivity (Wildman–Crippen MR) is 97.5 cm³/mol. The molecule has 27 heavy (non-hydrogen) atoms. The third-order valence-electron chi connectivity index (χ3n) is 3.91. The number of carboxylic acid groups (broad SMARTS) is 1. The summed E-state index contributed by atoms with van der Waals surface area (Å²) in [6.07, 6.45) is -0.187. The molecular formula is C21H15F2NO3. The van der Waals surface area contributed by atoms with Crippen molar-refractivity contribution in [1.82, 2.24) is 0 Å². The van der Waals surface area contributed by atoms with Crippen LogP contribution in [0.2, 0.25) is 0 Å². The Labute approximate surface area is 154 Å². The molecule has 3 rings (SSSR count). The van der Waals surface area contributed by atoms with Gasteiger partial charge in [-0.1, -0.05) is 30.3 Å². The molecule has 0 fully saturated rings. The van der Waals surface area contributed by atoms with Crippen LogP contribution in [-0.4, -0.2) is 17.0 Å². The zero-order valence-corrected chi connectivity index (χ0v) is 14.1. The van der Waals surface area contributed by atoms with Gasteiger partial charge >= 0.3 is 5.97 Å². The van der Waals surface area contributed by atoms with E-state index in [1.807, 2.05) is 0 Å². The van der Waals surface area contributed by atoms with Crippen LogP contribution in [0.3, 0.4) is 0 Å².